The van der Waals surface area contributed by atoms with Crippen LogP contribution in [0.3, 0.4) is 0 Å². The van der Waals surface area contributed by atoms with Gasteiger partial charge in [0, 0.05) is 11.4 Å². The van der Waals surface area contributed by atoms with Crippen molar-refractivity contribution in [2.24, 2.45) is 21.7 Å². The molecular weight excluding hydrogens is 372 g/mol. The highest BCUT2D eigenvalue weighted by molar-refractivity contribution is 6.06. The first-order chi connectivity index (χ1) is 13.7. The molecule has 4 heteroatoms. The van der Waals surface area contributed by atoms with Crippen LogP contribution in [-0.2, 0) is 10.2 Å². The van der Waals surface area contributed by atoms with Crippen LogP contribution in [0.5, 0.6) is 0 Å². The molecule has 0 aromatic heterocycles. The molecule has 2 unspecified atom stereocenters. The summed E-state index contributed by atoms with van der Waals surface area (Å²) >= 11 is 0. The highest BCUT2D eigenvalue weighted by atomic mass is 16.4. The van der Waals surface area contributed by atoms with Crippen molar-refractivity contribution in [1.82, 2.24) is 0 Å². The Balaban J connectivity index is 2.92. The molecule has 0 saturated carbocycles. The predicted octanol–water partition coefficient (Wildman–Crippen LogP) is 6.45. The van der Waals surface area contributed by atoms with E-state index in [1.54, 1.807) is 0 Å². The van der Waals surface area contributed by atoms with Crippen molar-refractivity contribution in [2.75, 3.05) is 0 Å². The normalized spacial score (nSPS) is 22.5. The number of hydrogen-bond acceptors (Lipinski definition) is 3. The third-order valence-corrected chi connectivity index (χ3v) is 5.56. The number of nitriles is 1. The molecule has 1 aliphatic rings. The van der Waals surface area contributed by atoms with Crippen LogP contribution in [0.25, 0.3) is 0 Å². The lowest BCUT2D eigenvalue weighted by atomic mass is 9.60. The van der Waals surface area contributed by atoms with Gasteiger partial charge in [0.1, 0.15) is 11.3 Å². The number of carboxylic acids is 1. The van der Waals surface area contributed by atoms with E-state index < -0.39 is 17.3 Å². The molecule has 1 N–H and O–H groups in total. The summed E-state index contributed by atoms with van der Waals surface area (Å²) in [5, 5.41) is 21.0. The summed E-state index contributed by atoms with van der Waals surface area (Å²) in [5.41, 5.74) is 2.72. The number of benzene rings is 1. The molecule has 1 aromatic rings. The van der Waals surface area contributed by atoms with E-state index in [1.807, 2.05) is 38.1 Å². The molecule has 4 nitrogen and oxygen atoms in total. The van der Waals surface area contributed by atoms with Crippen molar-refractivity contribution in [2.45, 2.75) is 80.1 Å². The molecule has 1 heterocycles. The van der Waals surface area contributed by atoms with Gasteiger partial charge in [-0.25, -0.2) is 0 Å². The van der Waals surface area contributed by atoms with Crippen molar-refractivity contribution in [3.63, 3.8) is 0 Å². The fourth-order valence-corrected chi connectivity index (χ4v) is 4.46. The lowest BCUT2D eigenvalue weighted by Crippen LogP contribution is -2.48. The third-order valence-electron chi connectivity index (χ3n) is 5.56. The second kappa shape index (κ2) is 8.38. The van der Waals surface area contributed by atoms with E-state index in [0.717, 1.165) is 22.4 Å². The summed E-state index contributed by atoms with van der Waals surface area (Å²) in [5.74, 6) is -1.98. The maximum Gasteiger partial charge on any atom is 0.314 e. The summed E-state index contributed by atoms with van der Waals surface area (Å²) in [6, 6.07) is 10.2. The molecule has 30 heavy (non-hydrogen) atoms. The van der Waals surface area contributed by atoms with Crippen LogP contribution in [0.2, 0.25) is 0 Å². The number of aliphatic imine (C=N–C) groups is 1. The van der Waals surface area contributed by atoms with Crippen LogP contribution in [0, 0.1) is 35.0 Å². The number of aryl methyl sites for hydroxylation is 1. The summed E-state index contributed by atoms with van der Waals surface area (Å²) in [4.78, 5) is 17.6. The topological polar surface area (TPSA) is 73.4 Å². The van der Waals surface area contributed by atoms with E-state index in [-0.39, 0.29) is 10.8 Å². The third kappa shape index (κ3) is 4.83. The molecule has 0 aliphatic carbocycles. The van der Waals surface area contributed by atoms with Crippen molar-refractivity contribution >= 4 is 11.7 Å². The minimum absolute atomic E-state index is 0.0311. The van der Waals surface area contributed by atoms with Gasteiger partial charge in [-0.05, 0) is 48.2 Å². The van der Waals surface area contributed by atoms with Crippen LogP contribution >= 0.6 is 0 Å². The van der Waals surface area contributed by atoms with Gasteiger partial charge in [0.25, 0.3) is 0 Å². The Morgan fingerprint density at radius 1 is 1.10 bits per heavy atom. The van der Waals surface area contributed by atoms with Crippen LogP contribution in [0.15, 0.2) is 40.5 Å². The number of rotatable bonds is 5. The fourth-order valence-electron chi connectivity index (χ4n) is 4.46. The summed E-state index contributed by atoms with van der Waals surface area (Å²) in [6.07, 6.45) is 1.82. The van der Waals surface area contributed by atoms with Gasteiger partial charge in [0.05, 0.1) is 6.07 Å². The smallest absolute Gasteiger partial charge is 0.314 e. The van der Waals surface area contributed by atoms with Gasteiger partial charge in [0.15, 0.2) is 0 Å². The zero-order chi connectivity index (χ0) is 22.9. The van der Waals surface area contributed by atoms with Crippen LogP contribution in [0.4, 0.5) is 0 Å². The SMILES string of the molecule is CCC1=C(CC(C)(C)C)N=C(CC(C)(C)C)C(C(=O)O)C1(C#N)c1ccc(C)cc1. The Hall–Kier alpha value is -2.41. The maximum atomic E-state index is 12.7. The molecular formula is C26H36N2O2. The van der Waals surface area contributed by atoms with E-state index >= 15 is 0 Å². The number of allylic oxidation sites excluding steroid dienone is 2. The minimum atomic E-state index is -1.25. The molecule has 162 valence electrons. The second-order valence-corrected chi connectivity index (χ2v) is 10.9. The van der Waals surface area contributed by atoms with Crippen molar-refractivity contribution in [1.29, 1.82) is 5.26 Å². The van der Waals surface area contributed by atoms with Crippen molar-refractivity contribution in [3.8, 4) is 6.07 Å². The van der Waals surface area contributed by atoms with Gasteiger partial charge >= 0.3 is 5.97 Å². The van der Waals surface area contributed by atoms with Gasteiger partial charge in [-0.2, -0.15) is 5.26 Å². The van der Waals surface area contributed by atoms with Crippen molar-refractivity contribution < 1.29 is 9.90 Å². The number of hydrogen-bond donors (Lipinski definition) is 1. The Morgan fingerprint density at radius 3 is 2.03 bits per heavy atom. The zero-order valence-electron chi connectivity index (χ0n) is 19.8. The number of nitrogens with zero attached hydrogens (tertiary/aromatic N) is 2. The standard InChI is InChI=1S/C26H36N2O2/c1-9-19-20(14-24(3,4)5)28-21(15-25(6,7)8)22(23(29)30)26(19,16-27)18-12-10-17(2)11-13-18/h10-13,22H,9,14-15H2,1-8H3,(H,29,30). The first-order valence-corrected chi connectivity index (χ1v) is 10.8. The molecule has 0 bridgehead atoms. The average molecular weight is 409 g/mol. The summed E-state index contributed by atoms with van der Waals surface area (Å²) < 4.78 is 0. The lowest BCUT2D eigenvalue weighted by molar-refractivity contribution is -0.140. The molecule has 1 aliphatic heterocycles. The van der Waals surface area contributed by atoms with Gasteiger partial charge in [-0.3, -0.25) is 9.79 Å². The number of carboxylic acid groups (broad SMARTS) is 1. The summed E-state index contributed by atoms with van der Waals surface area (Å²) in [6.45, 7) is 16.7. The van der Waals surface area contributed by atoms with Crippen LogP contribution in [0.1, 0.15) is 78.9 Å². The highest BCUT2D eigenvalue weighted by Gasteiger charge is 2.53. The molecule has 1 aromatic carbocycles. The lowest BCUT2D eigenvalue weighted by Gasteiger charge is -2.42. The van der Waals surface area contributed by atoms with E-state index in [9.17, 15) is 15.2 Å². The highest BCUT2D eigenvalue weighted by Crippen LogP contribution is 2.49. The Kier molecular flexibility index (Phi) is 6.66. The molecule has 0 fully saturated rings. The maximum absolute atomic E-state index is 12.7. The van der Waals surface area contributed by atoms with E-state index in [1.165, 1.54) is 0 Å². The zero-order valence-corrected chi connectivity index (χ0v) is 19.8. The van der Waals surface area contributed by atoms with Crippen LogP contribution < -0.4 is 0 Å². The quantitative estimate of drug-likeness (QED) is 0.608. The first kappa shape index (κ1) is 23.9. The Bertz CT molecular complexity index is 902. The monoisotopic (exact) mass is 408 g/mol. The Morgan fingerprint density at radius 2 is 1.63 bits per heavy atom. The van der Waals surface area contributed by atoms with E-state index in [0.29, 0.717) is 25.0 Å². The molecule has 0 saturated heterocycles. The fraction of sp³-hybridized carbons (Fsp3) is 0.577. The number of aliphatic carboxylic acids is 1. The average Bonchev–Trinajstić information content (AvgIpc) is 2.58. The number of carbonyl (C=O) groups is 1. The molecule has 0 radical (unpaired) electrons. The predicted molar refractivity (Wildman–Crippen MR) is 122 cm³/mol. The van der Waals surface area contributed by atoms with E-state index in [4.69, 9.17) is 4.99 Å². The van der Waals surface area contributed by atoms with Crippen LogP contribution in [-0.4, -0.2) is 16.8 Å². The largest absolute Gasteiger partial charge is 0.481 e. The van der Waals surface area contributed by atoms with Gasteiger partial charge in [0.2, 0.25) is 0 Å². The Labute approximate surface area is 181 Å². The van der Waals surface area contributed by atoms with Gasteiger partial charge in [-0.1, -0.05) is 78.3 Å². The second-order valence-electron chi connectivity index (χ2n) is 10.9. The molecule has 0 amide bonds. The summed E-state index contributed by atoms with van der Waals surface area (Å²) in [7, 11) is 0. The first-order valence-electron chi connectivity index (χ1n) is 10.8. The molecule has 2 rings (SSSR count). The van der Waals surface area contributed by atoms with Gasteiger partial charge < -0.3 is 5.11 Å². The van der Waals surface area contributed by atoms with Gasteiger partial charge in [-0.15, -0.1) is 0 Å². The molecule has 0 spiro atoms. The molecule has 2 atom stereocenters. The minimum Gasteiger partial charge on any atom is -0.481 e. The van der Waals surface area contributed by atoms with Crippen molar-refractivity contribution in [3.05, 3.63) is 46.7 Å². The van der Waals surface area contributed by atoms with E-state index in [2.05, 4.69) is 47.6 Å².